The third-order valence-corrected chi connectivity index (χ3v) is 10.4. The van der Waals surface area contributed by atoms with Crippen LogP contribution in [-0.2, 0) is 5.41 Å². The molecule has 0 atom stereocenters. The minimum atomic E-state index is -0.251. The summed E-state index contributed by atoms with van der Waals surface area (Å²) in [6, 6.07) is 52.6. The van der Waals surface area contributed by atoms with Gasteiger partial charge in [-0.05, 0) is 78.2 Å². The molecule has 0 amide bonds. The van der Waals surface area contributed by atoms with Gasteiger partial charge in [-0.25, -0.2) is 9.97 Å². The fourth-order valence-corrected chi connectivity index (χ4v) is 8.21. The van der Waals surface area contributed by atoms with Crippen molar-refractivity contribution in [2.75, 3.05) is 0 Å². The fourth-order valence-electron chi connectivity index (χ4n) is 8.21. The molecule has 2 nitrogen and oxygen atoms in total. The maximum atomic E-state index is 5.38. The van der Waals surface area contributed by atoms with Crippen molar-refractivity contribution in [3.8, 4) is 67.3 Å². The summed E-state index contributed by atoms with van der Waals surface area (Å²) < 4.78 is 0. The van der Waals surface area contributed by atoms with Gasteiger partial charge in [0.05, 0.1) is 11.4 Å². The zero-order chi connectivity index (χ0) is 31.3. The maximum absolute atomic E-state index is 5.38. The standard InChI is InChI=1S/C45H30N2/c1-45(2)37-24-21-29-15-10-18-34-32-16-8-9-17-33(32)35-22-23-36(43(45)41(35)42(37)40(29)34)44-46-38(28-12-4-3-5-13-28)26-39(47-44)31-20-19-27-11-6-7-14-30(27)25-31/h3-26H,1-2H3. The molecule has 0 radical (unpaired) electrons. The van der Waals surface area contributed by atoms with Gasteiger partial charge in [-0.2, -0.15) is 0 Å². The number of benzene rings is 7. The van der Waals surface area contributed by atoms with E-state index in [0.717, 1.165) is 33.9 Å². The second-order valence-electron chi connectivity index (χ2n) is 13.4. The lowest BCUT2D eigenvalue weighted by molar-refractivity contribution is 0.662. The molecule has 7 aromatic carbocycles. The van der Waals surface area contributed by atoms with Gasteiger partial charge in [-0.15, -0.1) is 0 Å². The normalized spacial score (nSPS) is 13.5. The lowest BCUT2D eigenvalue weighted by Gasteiger charge is -2.26. The van der Waals surface area contributed by atoms with Crippen LogP contribution in [-0.4, -0.2) is 9.97 Å². The summed E-state index contributed by atoms with van der Waals surface area (Å²) in [6.07, 6.45) is 0. The molecular weight excluding hydrogens is 569 g/mol. The topological polar surface area (TPSA) is 25.8 Å². The number of hydrogen-bond donors (Lipinski definition) is 0. The first-order valence-corrected chi connectivity index (χ1v) is 16.3. The van der Waals surface area contributed by atoms with E-state index in [1.165, 1.54) is 66.1 Å². The van der Waals surface area contributed by atoms with Crippen molar-refractivity contribution in [2.45, 2.75) is 19.3 Å². The molecule has 0 bridgehead atoms. The number of rotatable bonds is 3. The van der Waals surface area contributed by atoms with Gasteiger partial charge in [0.1, 0.15) is 0 Å². The van der Waals surface area contributed by atoms with E-state index in [0.29, 0.717) is 0 Å². The van der Waals surface area contributed by atoms with Crippen LogP contribution in [0.4, 0.5) is 0 Å². The molecule has 8 aromatic rings. The number of hydrogen-bond acceptors (Lipinski definition) is 2. The Morgan fingerprint density at radius 2 is 1.06 bits per heavy atom. The van der Waals surface area contributed by atoms with Crippen molar-refractivity contribution in [2.24, 2.45) is 0 Å². The predicted molar refractivity (Wildman–Crippen MR) is 195 cm³/mol. The molecule has 1 aromatic heterocycles. The summed E-state index contributed by atoms with van der Waals surface area (Å²) in [6.45, 7) is 4.75. The molecule has 0 fully saturated rings. The average molecular weight is 599 g/mol. The zero-order valence-corrected chi connectivity index (χ0v) is 26.3. The van der Waals surface area contributed by atoms with Crippen LogP contribution >= 0.6 is 0 Å². The average Bonchev–Trinajstić information content (AvgIpc) is 3.29. The fraction of sp³-hybridized carbons (Fsp3) is 0.0667. The van der Waals surface area contributed by atoms with Crippen LogP contribution in [0.3, 0.4) is 0 Å². The molecular formula is C45H30N2. The number of fused-ring (bicyclic) bond motifs is 4. The van der Waals surface area contributed by atoms with E-state index in [-0.39, 0.29) is 5.41 Å². The van der Waals surface area contributed by atoms with E-state index in [1.54, 1.807) is 0 Å². The highest BCUT2D eigenvalue weighted by molar-refractivity contribution is 6.17. The van der Waals surface area contributed by atoms with Crippen molar-refractivity contribution in [1.82, 2.24) is 9.97 Å². The molecule has 0 aliphatic heterocycles. The zero-order valence-electron chi connectivity index (χ0n) is 26.3. The van der Waals surface area contributed by atoms with Crippen molar-refractivity contribution in [3.05, 3.63) is 157 Å². The van der Waals surface area contributed by atoms with E-state index >= 15 is 0 Å². The van der Waals surface area contributed by atoms with Crippen LogP contribution in [0.15, 0.2) is 146 Å². The molecule has 47 heavy (non-hydrogen) atoms. The van der Waals surface area contributed by atoms with Crippen molar-refractivity contribution < 1.29 is 0 Å². The molecule has 0 saturated heterocycles. The Balaban J connectivity index is 1.30. The molecule has 0 saturated carbocycles. The van der Waals surface area contributed by atoms with Crippen molar-refractivity contribution in [1.29, 1.82) is 0 Å². The van der Waals surface area contributed by atoms with E-state index < -0.39 is 0 Å². The summed E-state index contributed by atoms with van der Waals surface area (Å²) in [5.74, 6) is 0.759. The largest absolute Gasteiger partial charge is 0.228 e. The highest BCUT2D eigenvalue weighted by Gasteiger charge is 2.42. The minimum absolute atomic E-state index is 0.251. The molecule has 220 valence electrons. The van der Waals surface area contributed by atoms with E-state index in [4.69, 9.17) is 9.97 Å². The van der Waals surface area contributed by atoms with E-state index in [9.17, 15) is 0 Å². The van der Waals surface area contributed by atoms with Crippen LogP contribution in [0, 0.1) is 0 Å². The van der Waals surface area contributed by atoms with Gasteiger partial charge in [0.25, 0.3) is 0 Å². The minimum Gasteiger partial charge on any atom is -0.228 e. The van der Waals surface area contributed by atoms with Gasteiger partial charge >= 0.3 is 0 Å². The lowest BCUT2D eigenvalue weighted by Crippen LogP contribution is -2.17. The Bertz CT molecular complexity index is 2590. The molecule has 1 heterocycles. The molecule has 2 aliphatic carbocycles. The smallest absolute Gasteiger partial charge is 0.160 e. The quantitative estimate of drug-likeness (QED) is 0.202. The molecule has 0 unspecified atom stereocenters. The predicted octanol–water partition coefficient (Wildman–Crippen LogP) is 11.7. The Morgan fingerprint density at radius 1 is 0.426 bits per heavy atom. The second-order valence-corrected chi connectivity index (χ2v) is 13.4. The molecule has 0 N–H and O–H groups in total. The van der Waals surface area contributed by atoms with Crippen molar-refractivity contribution >= 4 is 21.5 Å². The monoisotopic (exact) mass is 598 g/mol. The van der Waals surface area contributed by atoms with Crippen LogP contribution < -0.4 is 0 Å². The third kappa shape index (κ3) is 3.73. The first kappa shape index (κ1) is 26.4. The lowest BCUT2D eigenvalue weighted by atomic mass is 9.78. The first-order valence-electron chi connectivity index (χ1n) is 16.3. The van der Waals surface area contributed by atoms with Gasteiger partial charge < -0.3 is 0 Å². The van der Waals surface area contributed by atoms with E-state index in [2.05, 4.69) is 159 Å². The summed E-state index contributed by atoms with van der Waals surface area (Å²) in [5, 5.41) is 5.04. The Hall–Kier alpha value is -5.86. The van der Waals surface area contributed by atoms with Crippen LogP contribution in [0.1, 0.15) is 25.0 Å². The molecule has 0 spiro atoms. The van der Waals surface area contributed by atoms with Gasteiger partial charge in [0, 0.05) is 22.1 Å². The Labute approximate surface area is 274 Å². The van der Waals surface area contributed by atoms with Crippen LogP contribution in [0.5, 0.6) is 0 Å². The highest BCUT2D eigenvalue weighted by Crippen LogP contribution is 2.60. The second kappa shape index (κ2) is 9.57. The summed E-state index contributed by atoms with van der Waals surface area (Å²) in [4.78, 5) is 10.7. The highest BCUT2D eigenvalue weighted by atomic mass is 14.9. The van der Waals surface area contributed by atoms with Gasteiger partial charge in [-0.3, -0.25) is 0 Å². The number of nitrogens with zero attached hydrogens (tertiary/aromatic N) is 2. The summed E-state index contributed by atoms with van der Waals surface area (Å²) in [5.41, 5.74) is 15.4. The number of aromatic nitrogens is 2. The maximum Gasteiger partial charge on any atom is 0.160 e. The molecule has 2 heteroatoms. The van der Waals surface area contributed by atoms with Gasteiger partial charge in [0.2, 0.25) is 0 Å². The Morgan fingerprint density at radius 3 is 1.89 bits per heavy atom. The van der Waals surface area contributed by atoms with Crippen LogP contribution in [0.2, 0.25) is 0 Å². The molecule has 2 aliphatic rings. The summed E-state index contributed by atoms with van der Waals surface area (Å²) in [7, 11) is 0. The van der Waals surface area contributed by atoms with Crippen LogP contribution in [0.25, 0.3) is 88.8 Å². The molecule has 10 rings (SSSR count). The third-order valence-electron chi connectivity index (χ3n) is 10.4. The SMILES string of the molecule is CC1(C)c2ccc3cccc4c3c2-c2c(ccc(-c3nc(-c5ccccc5)cc(-c5ccc6ccccc6c5)n3)c21)-c1ccccc1-4. The van der Waals surface area contributed by atoms with Gasteiger partial charge in [0.15, 0.2) is 5.82 Å². The van der Waals surface area contributed by atoms with Crippen molar-refractivity contribution in [3.63, 3.8) is 0 Å². The van der Waals surface area contributed by atoms with Gasteiger partial charge in [-0.1, -0.05) is 147 Å². The Kier molecular flexibility index (Phi) is 5.37. The first-order chi connectivity index (χ1) is 23.1. The summed E-state index contributed by atoms with van der Waals surface area (Å²) >= 11 is 0. The van der Waals surface area contributed by atoms with E-state index in [1.807, 2.05) is 0 Å².